The Labute approximate surface area is 113 Å². The van der Waals surface area contributed by atoms with Crippen LogP contribution < -0.4 is 0 Å². The summed E-state index contributed by atoms with van der Waals surface area (Å²) in [5.41, 5.74) is 0. The van der Waals surface area contributed by atoms with Crippen molar-refractivity contribution < 1.29 is 75.0 Å². The van der Waals surface area contributed by atoms with Crippen molar-refractivity contribution in [2.75, 3.05) is 0 Å². The summed E-state index contributed by atoms with van der Waals surface area (Å²) in [5, 5.41) is 0. The molecule has 0 saturated carbocycles. The predicted molar refractivity (Wildman–Crippen MR) is 17.9 cm³/mol. The van der Waals surface area contributed by atoms with Crippen molar-refractivity contribution in [1.29, 1.82) is 0 Å². The molecule has 0 atom stereocenters. The molecule has 0 N–H and O–H groups in total. The molecule has 0 aromatic heterocycles. The van der Waals surface area contributed by atoms with Crippen molar-refractivity contribution >= 4 is 40.4 Å². The van der Waals surface area contributed by atoms with Gasteiger partial charge in [0.15, 0.2) is 17.4 Å². The van der Waals surface area contributed by atoms with Crippen LogP contribution >= 0.6 is 0 Å². The maximum Gasteiger partial charge on any atom is 2.00 e. The average Bonchev–Trinajstić information content (AvgIpc) is 0. The molecule has 2 radical (unpaired) electrons. The second kappa shape index (κ2) is 25.4. The molecule has 0 spiro atoms. The van der Waals surface area contributed by atoms with E-state index in [2.05, 4.69) is 0 Å². The van der Waals surface area contributed by atoms with Crippen LogP contribution in [0.4, 0.5) is 0 Å². The molecule has 0 aliphatic carbocycles. The minimum atomic E-state index is 0. The fraction of sp³-hybridized carbons (Fsp3) is 0. The SMILES string of the molecule is [AlH3].[H-].[H-].[La].[Mg+2].[Mn].[Zn]. The van der Waals surface area contributed by atoms with E-state index in [0.29, 0.717) is 0 Å². The van der Waals surface area contributed by atoms with Gasteiger partial charge >= 0.3 is 23.1 Å². The normalized spacial score (nSPS) is 0. The van der Waals surface area contributed by atoms with E-state index >= 15 is 0 Å². The predicted octanol–water partition coefficient (Wildman–Crippen LogP) is -1.34. The Kier molecular flexibility index (Phi) is 194. The van der Waals surface area contributed by atoms with Gasteiger partial charge in [-0.1, -0.05) is 0 Å². The summed E-state index contributed by atoms with van der Waals surface area (Å²) in [7, 11) is 0. The van der Waals surface area contributed by atoms with Crippen LogP contribution in [0.15, 0.2) is 0 Å². The second-order valence-electron chi connectivity index (χ2n) is 0. The zero-order valence-electron chi connectivity index (χ0n) is 4.37. The third-order valence-electron chi connectivity index (χ3n) is 0. The fourth-order valence-electron chi connectivity index (χ4n) is 0. The Morgan fingerprint density at radius 2 is 1.20 bits per heavy atom. The molecule has 0 aliphatic heterocycles. The molecule has 22 valence electrons. The van der Waals surface area contributed by atoms with E-state index in [1.54, 1.807) is 0 Å². The largest absolute Gasteiger partial charge is 2.00 e. The van der Waals surface area contributed by atoms with Crippen LogP contribution in [0.5, 0.6) is 0 Å². The molecule has 0 aromatic carbocycles. The Hall–Kier alpha value is 3.64. The van der Waals surface area contributed by atoms with Gasteiger partial charge in [0.25, 0.3) is 0 Å². The van der Waals surface area contributed by atoms with Gasteiger partial charge in [0.05, 0.1) is 0 Å². The molecule has 0 aliphatic rings. The smallest absolute Gasteiger partial charge is 1.00 e. The maximum atomic E-state index is 0. The Bertz CT molecular complexity index is 17.7. The van der Waals surface area contributed by atoms with Gasteiger partial charge in [-0.05, 0) is 0 Å². The van der Waals surface area contributed by atoms with Crippen LogP contribution in [0, 0.1) is 35.6 Å². The Morgan fingerprint density at radius 3 is 1.20 bits per heavy atom. The van der Waals surface area contributed by atoms with E-state index in [1.807, 2.05) is 0 Å². The van der Waals surface area contributed by atoms with Gasteiger partial charge in [-0.2, -0.15) is 0 Å². The first kappa shape index (κ1) is 38.1. The fourth-order valence-corrected chi connectivity index (χ4v) is 0. The summed E-state index contributed by atoms with van der Waals surface area (Å²) in [6, 6.07) is 0. The minimum Gasteiger partial charge on any atom is -1.00 e. The van der Waals surface area contributed by atoms with Crippen molar-refractivity contribution in [3.63, 3.8) is 0 Å². The van der Waals surface area contributed by atoms with Gasteiger partial charge in [-0.15, -0.1) is 0 Å². The van der Waals surface area contributed by atoms with Gasteiger partial charge in [0.2, 0.25) is 0 Å². The molecule has 0 unspecified atom stereocenters. The van der Waals surface area contributed by atoms with Crippen LogP contribution in [0.2, 0.25) is 0 Å². The molecule has 0 fully saturated rings. The van der Waals surface area contributed by atoms with E-state index in [9.17, 15) is 0 Å². The van der Waals surface area contributed by atoms with E-state index in [0.717, 1.165) is 0 Å². The quantitative estimate of drug-likeness (QED) is 0.485. The topological polar surface area (TPSA) is 0 Å². The summed E-state index contributed by atoms with van der Waals surface area (Å²) in [4.78, 5) is 0. The van der Waals surface area contributed by atoms with Gasteiger partial charge < -0.3 is 2.85 Å². The summed E-state index contributed by atoms with van der Waals surface area (Å²) in [5.74, 6) is 0. The third kappa shape index (κ3) is 18.3. The maximum absolute atomic E-state index is 0. The van der Waals surface area contributed by atoms with E-state index in [-0.39, 0.29) is 115 Å². The second-order valence-corrected chi connectivity index (χ2v) is 0. The summed E-state index contributed by atoms with van der Waals surface area (Å²) >= 11 is 0. The number of hydrogen-bond donors (Lipinski definition) is 0. The van der Waals surface area contributed by atoms with Gasteiger partial charge in [-0.25, -0.2) is 0 Å². The van der Waals surface area contributed by atoms with E-state index in [1.165, 1.54) is 0 Å². The minimum absolute atomic E-state index is 0. The zero-order chi connectivity index (χ0) is 0. The van der Waals surface area contributed by atoms with Crippen LogP contribution in [0.25, 0.3) is 0 Å². The molecule has 0 rings (SSSR count). The molecule has 5 heavy (non-hydrogen) atoms. The average molecular weight is 316 g/mol. The summed E-state index contributed by atoms with van der Waals surface area (Å²) in [6.07, 6.45) is 0. The molecule has 0 nitrogen and oxygen atoms in total. The van der Waals surface area contributed by atoms with Crippen molar-refractivity contribution in [1.82, 2.24) is 0 Å². The van der Waals surface area contributed by atoms with Crippen molar-refractivity contribution in [3.05, 3.63) is 0 Å². The monoisotopic (exact) mass is 314 g/mol. The molecule has 5 heteroatoms. The van der Waals surface area contributed by atoms with Crippen LogP contribution in [0.3, 0.4) is 0 Å². The molecular formula is H5AlLaMgMnZn. The molecular weight excluding hydrogens is 311 g/mol. The first-order valence-electron chi connectivity index (χ1n) is 0. The zero-order valence-corrected chi connectivity index (χ0v) is 11.6. The van der Waals surface area contributed by atoms with Gasteiger partial charge in [-0.3, -0.25) is 0 Å². The van der Waals surface area contributed by atoms with Crippen LogP contribution in [0.1, 0.15) is 2.85 Å². The van der Waals surface area contributed by atoms with Gasteiger partial charge in [0.1, 0.15) is 0 Å². The standard InChI is InChI=1S/Al.La.Mg.Mn.Zn.5H/q;;+2;;;;;;2*-1. The Morgan fingerprint density at radius 1 is 1.20 bits per heavy atom. The molecule has 0 amide bonds. The van der Waals surface area contributed by atoms with Crippen molar-refractivity contribution in [2.45, 2.75) is 0 Å². The number of hydrogen-bond acceptors (Lipinski definition) is 0. The molecule has 0 heterocycles. The van der Waals surface area contributed by atoms with E-state index in [4.69, 9.17) is 0 Å². The third-order valence-corrected chi connectivity index (χ3v) is 0. The summed E-state index contributed by atoms with van der Waals surface area (Å²) in [6.45, 7) is 0. The van der Waals surface area contributed by atoms with Crippen molar-refractivity contribution in [3.8, 4) is 0 Å². The molecule has 0 saturated heterocycles. The molecule has 0 aromatic rings. The van der Waals surface area contributed by atoms with Gasteiger partial charge in [0, 0.05) is 72.1 Å². The Balaban J connectivity index is 0. The first-order valence-corrected chi connectivity index (χ1v) is 0. The van der Waals surface area contributed by atoms with Crippen molar-refractivity contribution in [2.24, 2.45) is 0 Å². The summed E-state index contributed by atoms with van der Waals surface area (Å²) < 4.78 is 0. The number of rotatable bonds is 0. The first-order chi connectivity index (χ1) is 0. The van der Waals surface area contributed by atoms with Crippen LogP contribution in [-0.4, -0.2) is 40.4 Å². The molecule has 0 bridgehead atoms. The van der Waals surface area contributed by atoms with Crippen LogP contribution in [-0.2, 0) is 36.5 Å². The van der Waals surface area contributed by atoms with E-state index < -0.39 is 0 Å².